The molecule has 0 fully saturated rings. The van der Waals surface area contributed by atoms with Crippen LogP contribution in [0.2, 0.25) is 0 Å². The number of pyridine rings is 1. The molecule has 4 nitrogen and oxygen atoms in total. The predicted molar refractivity (Wildman–Crippen MR) is 122 cm³/mol. The molecule has 0 aliphatic rings. The molecule has 0 radical (unpaired) electrons. The number of hydrogen-bond acceptors (Lipinski definition) is 5. The number of fused-ring (bicyclic) bond motifs is 3. The Morgan fingerprint density at radius 1 is 1.07 bits per heavy atom. The van der Waals surface area contributed by atoms with E-state index in [1.54, 1.807) is 28.7 Å². The predicted octanol–water partition coefficient (Wildman–Crippen LogP) is 6.29. The highest BCUT2D eigenvalue weighted by Crippen LogP contribution is 2.33. The molecule has 4 aromatic heterocycles. The first-order chi connectivity index (χ1) is 14.7. The zero-order valence-corrected chi connectivity index (χ0v) is 17.8. The Labute approximate surface area is 181 Å². The summed E-state index contributed by atoms with van der Waals surface area (Å²) >= 11 is 3.09. The smallest absolute Gasteiger partial charge is 0.340 e. The van der Waals surface area contributed by atoms with E-state index in [1.165, 1.54) is 11.3 Å². The third-order valence-electron chi connectivity index (χ3n) is 5.02. The molecule has 0 N–H and O–H groups in total. The molecule has 0 atom stereocenters. The minimum absolute atomic E-state index is 0.109. The van der Waals surface area contributed by atoms with Crippen molar-refractivity contribution < 1.29 is 14.3 Å². The Balaban J connectivity index is 1.68. The number of aromatic nitrogens is 1. The summed E-state index contributed by atoms with van der Waals surface area (Å²) in [6, 6.07) is 17.3. The van der Waals surface area contributed by atoms with E-state index < -0.39 is 5.97 Å². The van der Waals surface area contributed by atoms with Crippen LogP contribution >= 0.6 is 22.7 Å². The number of carbonyl (C=O) groups is 2. The first-order valence-electron chi connectivity index (χ1n) is 9.54. The second-order valence-electron chi connectivity index (χ2n) is 6.79. The van der Waals surface area contributed by atoms with Crippen molar-refractivity contribution in [2.75, 3.05) is 6.61 Å². The molecule has 0 aliphatic carbocycles. The average molecular weight is 432 g/mol. The molecule has 5 rings (SSSR count). The van der Waals surface area contributed by atoms with Crippen molar-refractivity contribution in [3.8, 4) is 10.4 Å². The van der Waals surface area contributed by atoms with Gasteiger partial charge in [0.25, 0.3) is 0 Å². The van der Waals surface area contributed by atoms with Gasteiger partial charge in [-0.05, 0) is 53.4 Å². The monoisotopic (exact) mass is 431 g/mol. The molecule has 0 aliphatic heterocycles. The summed E-state index contributed by atoms with van der Waals surface area (Å²) in [5, 5.41) is 6.00. The zero-order chi connectivity index (χ0) is 20.7. The van der Waals surface area contributed by atoms with Crippen LogP contribution in [0, 0.1) is 0 Å². The second-order valence-corrected chi connectivity index (χ2v) is 8.65. The lowest BCUT2D eigenvalue weighted by molar-refractivity contribution is 0.0529. The van der Waals surface area contributed by atoms with E-state index in [-0.39, 0.29) is 12.4 Å². The molecule has 6 heteroatoms. The molecule has 0 saturated carbocycles. The van der Waals surface area contributed by atoms with Gasteiger partial charge in [0, 0.05) is 22.0 Å². The maximum Gasteiger partial charge on any atom is 0.340 e. The van der Waals surface area contributed by atoms with E-state index >= 15 is 0 Å². The number of esters is 1. The van der Waals surface area contributed by atoms with Gasteiger partial charge in [0.05, 0.1) is 28.3 Å². The fourth-order valence-electron chi connectivity index (χ4n) is 3.65. The molecule has 0 amide bonds. The summed E-state index contributed by atoms with van der Waals surface area (Å²) < 4.78 is 7.08. The Morgan fingerprint density at radius 3 is 2.73 bits per heavy atom. The molecule has 30 heavy (non-hydrogen) atoms. The number of ether oxygens (including phenoxy) is 1. The van der Waals surface area contributed by atoms with Crippen molar-refractivity contribution in [1.29, 1.82) is 0 Å². The molecule has 148 valence electrons. The number of carbonyl (C=O) groups excluding carboxylic acids is 2. The average Bonchev–Trinajstić information content (AvgIpc) is 3.52. The van der Waals surface area contributed by atoms with Crippen molar-refractivity contribution in [3.05, 3.63) is 87.7 Å². The Hall–Kier alpha value is -3.22. The first-order valence-corrected chi connectivity index (χ1v) is 11.3. The molecular weight excluding hydrogens is 414 g/mol. The van der Waals surface area contributed by atoms with Gasteiger partial charge in [-0.15, -0.1) is 11.3 Å². The van der Waals surface area contributed by atoms with Crippen LogP contribution in [-0.4, -0.2) is 22.8 Å². The van der Waals surface area contributed by atoms with Gasteiger partial charge < -0.3 is 9.14 Å². The third kappa shape index (κ3) is 3.05. The van der Waals surface area contributed by atoms with Crippen LogP contribution in [0.15, 0.2) is 71.6 Å². The summed E-state index contributed by atoms with van der Waals surface area (Å²) in [5.41, 5.74) is 2.68. The lowest BCUT2D eigenvalue weighted by atomic mass is 10.1. The van der Waals surface area contributed by atoms with E-state index in [0.717, 1.165) is 21.2 Å². The minimum atomic E-state index is -0.421. The number of nitrogens with zero attached hydrogens (tertiary/aromatic N) is 1. The molecule has 0 spiro atoms. The number of thiophene rings is 2. The lowest BCUT2D eigenvalue weighted by Crippen LogP contribution is -2.04. The quantitative estimate of drug-likeness (QED) is 0.243. The third-order valence-corrected chi connectivity index (χ3v) is 6.84. The Morgan fingerprint density at radius 2 is 1.93 bits per heavy atom. The SMILES string of the molecule is CCOC(=O)c1cc(C(=O)c2ccc(-c3ccsc3)s2)n2ccc3ccccc3c12. The van der Waals surface area contributed by atoms with E-state index in [0.29, 0.717) is 21.7 Å². The highest BCUT2D eigenvalue weighted by atomic mass is 32.1. The van der Waals surface area contributed by atoms with Crippen LogP contribution < -0.4 is 0 Å². The lowest BCUT2D eigenvalue weighted by Gasteiger charge is -2.06. The van der Waals surface area contributed by atoms with Crippen molar-refractivity contribution in [2.24, 2.45) is 0 Å². The van der Waals surface area contributed by atoms with Crippen LogP contribution in [0.3, 0.4) is 0 Å². The van der Waals surface area contributed by atoms with Crippen molar-refractivity contribution in [3.63, 3.8) is 0 Å². The number of hydrogen-bond donors (Lipinski definition) is 0. The fourth-order valence-corrected chi connectivity index (χ4v) is 5.33. The van der Waals surface area contributed by atoms with Crippen LogP contribution in [0.25, 0.3) is 26.7 Å². The van der Waals surface area contributed by atoms with E-state index in [1.807, 2.05) is 60.1 Å². The van der Waals surface area contributed by atoms with Crippen LogP contribution in [0.4, 0.5) is 0 Å². The molecule has 0 bridgehead atoms. The van der Waals surface area contributed by atoms with Gasteiger partial charge in [-0.25, -0.2) is 4.79 Å². The van der Waals surface area contributed by atoms with Gasteiger partial charge in [-0.3, -0.25) is 4.79 Å². The molecule has 0 unspecified atom stereocenters. The maximum atomic E-state index is 13.4. The van der Waals surface area contributed by atoms with Gasteiger partial charge >= 0.3 is 5.97 Å². The van der Waals surface area contributed by atoms with Gasteiger partial charge in [0.15, 0.2) is 0 Å². The summed E-state index contributed by atoms with van der Waals surface area (Å²) in [4.78, 5) is 27.8. The fraction of sp³-hybridized carbons (Fsp3) is 0.0833. The number of rotatable bonds is 5. The number of ketones is 1. The Kier molecular flexibility index (Phi) is 4.73. The Bertz CT molecular complexity index is 1390. The second kappa shape index (κ2) is 7.55. The summed E-state index contributed by atoms with van der Waals surface area (Å²) in [5.74, 6) is -0.530. The molecule has 1 aromatic carbocycles. The van der Waals surface area contributed by atoms with Crippen LogP contribution in [0.1, 0.15) is 32.6 Å². The molecule has 5 aromatic rings. The van der Waals surface area contributed by atoms with Gasteiger partial charge in [-0.1, -0.05) is 24.3 Å². The van der Waals surface area contributed by atoms with E-state index in [2.05, 4.69) is 5.38 Å². The molecule has 0 saturated heterocycles. The van der Waals surface area contributed by atoms with Crippen molar-refractivity contribution >= 4 is 50.7 Å². The van der Waals surface area contributed by atoms with Gasteiger partial charge in [0.2, 0.25) is 5.78 Å². The molecular formula is C24H17NO3S2. The normalized spacial score (nSPS) is 11.2. The van der Waals surface area contributed by atoms with Gasteiger partial charge in [0.1, 0.15) is 0 Å². The van der Waals surface area contributed by atoms with Crippen molar-refractivity contribution in [1.82, 2.24) is 4.40 Å². The summed E-state index contributed by atoms with van der Waals surface area (Å²) in [6.07, 6.45) is 1.85. The van der Waals surface area contributed by atoms with E-state index in [9.17, 15) is 9.59 Å². The van der Waals surface area contributed by atoms with E-state index in [4.69, 9.17) is 4.74 Å². The zero-order valence-electron chi connectivity index (χ0n) is 16.1. The van der Waals surface area contributed by atoms with Crippen molar-refractivity contribution in [2.45, 2.75) is 6.92 Å². The topological polar surface area (TPSA) is 47.8 Å². The molecule has 4 heterocycles. The van der Waals surface area contributed by atoms with Crippen LogP contribution in [0.5, 0.6) is 0 Å². The standard InChI is InChI=1S/C24H17NO3S2/c1-2-28-24(27)18-13-19(25-11-9-15-5-3-4-6-17(15)22(18)25)23(26)21-8-7-20(30-21)16-10-12-29-14-16/h3-14H,2H2,1H3. The first kappa shape index (κ1) is 18.8. The minimum Gasteiger partial charge on any atom is -0.462 e. The number of benzene rings is 1. The maximum absolute atomic E-state index is 13.4. The summed E-state index contributed by atoms with van der Waals surface area (Å²) in [6.45, 7) is 2.05. The van der Waals surface area contributed by atoms with Crippen LogP contribution in [-0.2, 0) is 4.74 Å². The largest absolute Gasteiger partial charge is 0.462 e. The summed E-state index contributed by atoms with van der Waals surface area (Å²) in [7, 11) is 0. The van der Waals surface area contributed by atoms with Gasteiger partial charge in [-0.2, -0.15) is 11.3 Å². The highest BCUT2D eigenvalue weighted by molar-refractivity contribution is 7.18. The highest BCUT2D eigenvalue weighted by Gasteiger charge is 2.24.